The number of hydrogen-bond donors (Lipinski definition) is 4. The summed E-state index contributed by atoms with van der Waals surface area (Å²) in [7, 11) is 0. The van der Waals surface area contributed by atoms with Gasteiger partial charge in [0.2, 0.25) is 0 Å². The predicted octanol–water partition coefficient (Wildman–Crippen LogP) is 1.81. The average Bonchev–Trinajstić information content (AvgIpc) is 2.51. The molecule has 0 aromatic rings. The van der Waals surface area contributed by atoms with Crippen LogP contribution in [0.25, 0.3) is 0 Å². The lowest BCUT2D eigenvalue weighted by Gasteiger charge is -2.36. The van der Waals surface area contributed by atoms with Gasteiger partial charge in [0.05, 0.1) is 30.8 Å². The molecule has 1 fully saturated rings. The standard InChI is InChI=1S/C18H34O7/c1-12(24-18-16(21)11-15(20)13(2)25-18)8-6-4-3-5-7-9-14(19)10-17(22)23/h12-16,18-21H,3-11H2,1-2H3,(H,22,23)/t12-,13+,14-,15-,16-,18-/m1/s1. The highest BCUT2D eigenvalue weighted by Crippen LogP contribution is 2.23. The topological polar surface area (TPSA) is 116 Å². The van der Waals surface area contributed by atoms with Crippen LogP contribution in [0.5, 0.6) is 0 Å². The second-order valence-electron chi connectivity index (χ2n) is 7.12. The Hall–Kier alpha value is -0.730. The van der Waals surface area contributed by atoms with Crippen LogP contribution in [-0.4, -0.2) is 63.2 Å². The molecule has 1 aliphatic heterocycles. The Labute approximate surface area is 150 Å². The van der Waals surface area contributed by atoms with E-state index in [-0.39, 0.29) is 25.0 Å². The normalized spacial score (nSPS) is 29.3. The Kier molecular flexibility index (Phi) is 10.5. The maximum atomic E-state index is 10.4. The number of carboxylic acid groups (broad SMARTS) is 1. The van der Waals surface area contributed by atoms with Crippen molar-refractivity contribution < 1.29 is 34.7 Å². The summed E-state index contributed by atoms with van der Waals surface area (Å²) in [6, 6.07) is 0. The van der Waals surface area contributed by atoms with Crippen molar-refractivity contribution in [1.82, 2.24) is 0 Å². The van der Waals surface area contributed by atoms with Crippen LogP contribution in [0.15, 0.2) is 0 Å². The molecule has 0 aliphatic carbocycles. The lowest BCUT2D eigenvalue weighted by atomic mass is 10.0. The first kappa shape index (κ1) is 22.3. The van der Waals surface area contributed by atoms with E-state index in [9.17, 15) is 20.1 Å². The van der Waals surface area contributed by atoms with Gasteiger partial charge in [0.15, 0.2) is 6.29 Å². The SMILES string of the molecule is C[C@H](CCCCCCC[C@@H](O)CC(=O)O)O[C@@H]1O[C@@H](C)[C@H](O)C[C@H]1O. The van der Waals surface area contributed by atoms with Gasteiger partial charge in [0.25, 0.3) is 0 Å². The van der Waals surface area contributed by atoms with E-state index in [4.69, 9.17) is 14.6 Å². The predicted molar refractivity (Wildman–Crippen MR) is 92.1 cm³/mol. The van der Waals surface area contributed by atoms with Gasteiger partial charge in [-0.25, -0.2) is 0 Å². The molecule has 0 unspecified atom stereocenters. The van der Waals surface area contributed by atoms with Crippen molar-refractivity contribution in [3.05, 3.63) is 0 Å². The molecule has 25 heavy (non-hydrogen) atoms. The molecule has 1 rings (SSSR count). The molecule has 0 bridgehead atoms. The summed E-state index contributed by atoms with van der Waals surface area (Å²) < 4.78 is 11.2. The monoisotopic (exact) mass is 362 g/mol. The molecule has 4 N–H and O–H groups in total. The lowest BCUT2D eigenvalue weighted by Crippen LogP contribution is -2.48. The maximum Gasteiger partial charge on any atom is 0.305 e. The molecular weight excluding hydrogens is 328 g/mol. The average molecular weight is 362 g/mol. The van der Waals surface area contributed by atoms with Crippen molar-refractivity contribution in [1.29, 1.82) is 0 Å². The van der Waals surface area contributed by atoms with Crippen LogP contribution in [0, 0.1) is 0 Å². The molecule has 1 aliphatic rings. The Morgan fingerprint density at radius 2 is 1.72 bits per heavy atom. The third-order valence-corrected chi connectivity index (χ3v) is 4.61. The molecule has 0 spiro atoms. The fourth-order valence-electron chi connectivity index (χ4n) is 3.01. The van der Waals surface area contributed by atoms with Crippen molar-refractivity contribution in [2.45, 2.75) is 108 Å². The molecule has 0 aromatic heterocycles. The molecule has 6 atom stereocenters. The number of aliphatic hydroxyl groups is 3. The van der Waals surface area contributed by atoms with Crippen molar-refractivity contribution in [2.24, 2.45) is 0 Å². The van der Waals surface area contributed by atoms with Gasteiger partial charge in [0, 0.05) is 6.42 Å². The maximum absolute atomic E-state index is 10.4. The van der Waals surface area contributed by atoms with Crippen LogP contribution >= 0.6 is 0 Å². The zero-order valence-electron chi connectivity index (χ0n) is 15.3. The van der Waals surface area contributed by atoms with Crippen molar-refractivity contribution in [2.75, 3.05) is 0 Å². The number of carbonyl (C=O) groups is 1. The molecule has 148 valence electrons. The van der Waals surface area contributed by atoms with Crippen molar-refractivity contribution in [3.8, 4) is 0 Å². The van der Waals surface area contributed by atoms with Crippen LogP contribution in [0.2, 0.25) is 0 Å². The van der Waals surface area contributed by atoms with Gasteiger partial charge in [-0.15, -0.1) is 0 Å². The van der Waals surface area contributed by atoms with E-state index in [2.05, 4.69) is 0 Å². The molecule has 0 amide bonds. The quantitative estimate of drug-likeness (QED) is 0.391. The second kappa shape index (κ2) is 11.8. The van der Waals surface area contributed by atoms with E-state index in [1.165, 1.54) is 0 Å². The summed E-state index contributed by atoms with van der Waals surface area (Å²) in [5, 5.41) is 37.6. The summed E-state index contributed by atoms with van der Waals surface area (Å²) in [5.74, 6) is -0.961. The third-order valence-electron chi connectivity index (χ3n) is 4.61. The number of rotatable bonds is 12. The minimum atomic E-state index is -0.961. The third kappa shape index (κ3) is 9.51. The highest BCUT2D eigenvalue weighted by molar-refractivity contribution is 5.67. The molecule has 0 radical (unpaired) electrons. The van der Waals surface area contributed by atoms with E-state index < -0.39 is 30.6 Å². The Balaban J connectivity index is 2.03. The second-order valence-corrected chi connectivity index (χ2v) is 7.12. The van der Waals surface area contributed by atoms with Gasteiger partial charge < -0.3 is 29.9 Å². The van der Waals surface area contributed by atoms with Crippen molar-refractivity contribution >= 4 is 5.97 Å². The number of aliphatic hydroxyl groups excluding tert-OH is 3. The van der Waals surface area contributed by atoms with Gasteiger partial charge in [-0.1, -0.05) is 32.1 Å². The minimum absolute atomic E-state index is 0.0283. The summed E-state index contributed by atoms with van der Waals surface area (Å²) in [4.78, 5) is 10.4. The zero-order chi connectivity index (χ0) is 18.8. The van der Waals surface area contributed by atoms with Gasteiger partial charge in [-0.05, 0) is 26.7 Å². The molecule has 7 nitrogen and oxygen atoms in total. The minimum Gasteiger partial charge on any atom is -0.481 e. The van der Waals surface area contributed by atoms with Gasteiger partial charge >= 0.3 is 5.97 Å². The summed E-state index contributed by atoms with van der Waals surface area (Å²) in [6.45, 7) is 3.72. The molecule has 1 saturated heterocycles. The molecule has 0 saturated carbocycles. The highest BCUT2D eigenvalue weighted by Gasteiger charge is 2.35. The van der Waals surface area contributed by atoms with Crippen LogP contribution < -0.4 is 0 Å². The first-order valence-electron chi connectivity index (χ1n) is 9.36. The first-order chi connectivity index (χ1) is 11.8. The fourth-order valence-corrected chi connectivity index (χ4v) is 3.01. The van der Waals surface area contributed by atoms with Gasteiger partial charge in [-0.2, -0.15) is 0 Å². The van der Waals surface area contributed by atoms with Crippen LogP contribution in [0.1, 0.15) is 71.6 Å². The van der Waals surface area contributed by atoms with E-state index in [1.807, 2.05) is 6.92 Å². The molecular formula is C18H34O7. The van der Waals surface area contributed by atoms with Gasteiger partial charge in [0.1, 0.15) is 6.10 Å². The molecule has 1 heterocycles. The van der Waals surface area contributed by atoms with Crippen molar-refractivity contribution in [3.63, 3.8) is 0 Å². The summed E-state index contributed by atoms with van der Waals surface area (Å²) >= 11 is 0. The zero-order valence-corrected chi connectivity index (χ0v) is 15.3. The van der Waals surface area contributed by atoms with Crippen LogP contribution in [-0.2, 0) is 14.3 Å². The molecule has 0 aromatic carbocycles. The summed E-state index contributed by atoms with van der Waals surface area (Å²) in [6.07, 6.45) is 3.15. The number of unbranched alkanes of at least 4 members (excludes halogenated alkanes) is 4. The number of ether oxygens (including phenoxy) is 2. The number of aliphatic carboxylic acids is 1. The van der Waals surface area contributed by atoms with E-state index in [0.717, 1.165) is 38.5 Å². The van der Waals surface area contributed by atoms with Crippen LogP contribution in [0.3, 0.4) is 0 Å². The first-order valence-corrected chi connectivity index (χ1v) is 9.36. The van der Waals surface area contributed by atoms with Crippen LogP contribution in [0.4, 0.5) is 0 Å². The largest absolute Gasteiger partial charge is 0.481 e. The number of carboxylic acids is 1. The lowest BCUT2D eigenvalue weighted by molar-refractivity contribution is -0.273. The van der Waals surface area contributed by atoms with E-state index in [1.54, 1.807) is 6.92 Å². The Bertz CT molecular complexity index is 376. The van der Waals surface area contributed by atoms with E-state index >= 15 is 0 Å². The number of hydrogen-bond acceptors (Lipinski definition) is 6. The fraction of sp³-hybridized carbons (Fsp3) is 0.944. The summed E-state index contributed by atoms with van der Waals surface area (Å²) in [5.41, 5.74) is 0. The van der Waals surface area contributed by atoms with Gasteiger partial charge in [-0.3, -0.25) is 4.79 Å². The smallest absolute Gasteiger partial charge is 0.305 e. The Morgan fingerprint density at radius 3 is 2.36 bits per heavy atom. The van der Waals surface area contributed by atoms with E-state index in [0.29, 0.717) is 6.42 Å². The highest BCUT2D eigenvalue weighted by atomic mass is 16.7. The molecule has 7 heteroatoms. The Morgan fingerprint density at radius 1 is 1.12 bits per heavy atom.